The third-order valence-electron chi connectivity index (χ3n) is 1.03. The molecule has 0 saturated carbocycles. The van der Waals surface area contributed by atoms with Crippen LogP contribution in [0.1, 0.15) is 19.8 Å². The fourth-order valence-electron chi connectivity index (χ4n) is 0.478. The van der Waals surface area contributed by atoms with Crippen LogP contribution in [0.4, 0.5) is 0 Å². The van der Waals surface area contributed by atoms with Crippen LogP contribution in [-0.2, 0) is 9.47 Å². The van der Waals surface area contributed by atoms with Crippen LogP contribution in [0.25, 0.3) is 0 Å². The van der Waals surface area contributed by atoms with E-state index in [1.165, 1.54) is 6.42 Å². The van der Waals surface area contributed by atoms with Crippen LogP contribution in [-0.4, -0.2) is 24.4 Å². The fourth-order valence-corrected chi connectivity index (χ4v) is 0.789. The summed E-state index contributed by atoms with van der Waals surface area (Å²) in [6, 6.07) is 0. The van der Waals surface area contributed by atoms with Gasteiger partial charge in [0.2, 0.25) is 0 Å². The van der Waals surface area contributed by atoms with Crippen molar-refractivity contribution in [2.24, 2.45) is 0 Å². The number of unbranched alkanes of at least 4 members (excludes halogenated alkanes) is 1. The summed E-state index contributed by atoms with van der Waals surface area (Å²) in [6.45, 7) is 4.24. The second kappa shape index (κ2) is 9.65. The van der Waals surface area contributed by atoms with Gasteiger partial charge in [-0.25, -0.2) is 0 Å². The van der Waals surface area contributed by atoms with Crippen LogP contribution in [0.3, 0.4) is 0 Å². The molecule has 62 valence electrons. The van der Waals surface area contributed by atoms with Crippen LogP contribution >= 0.6 is 22.6 Å². The van der Waals surface area contributed by atoms with Crippen molar-refractivity contribution in [2.45, 2.75) is 19.8 Å². The van der Waals surface area contributed by atoms with Crippen molar-refractivity contribution in [2.75, 3.05) is 24.4 Å². The van der Waals surface area contributed by atoms with E-state index in [9.17, 15) is 0 Å². The molecule has 0 aromatic heterocycles. The molecule has 0 aliphatic carbocycles. The largest absolute Gasteiger partial charge is 0.355 e. The first-order valence-corrected chi connectivity index (χ1v) is 5.15. The highest BCUT2D eigenvalue weighted by molar-refractivity contribution is 14.1. The van der Waals surface area contributed by atoms with Crippen molar-refractivity contribution >= 4 is 22.6 Å². The molecule has 0 aromatic carbocycles. The van der Waals surface area contributed by atoms with E-state index in [4.69, 9.17) is 9.47 Å². The Hall–Kier alpha value is 0.650. The van der Waals surface area contributed by atoms with Crippen molar-refractivity contribution in [3.63, 3.8) is 0 Å². The Morgan fingerprint density at radius 2 is 1.90 bits per heavy atom. The molecule has 0 atom stereocenters. The maximum Gasteiger partial charge on any atom is 0.146 e. The smallest absolute Gasteiger partial charge is 0.146 e. The lowest BCUT2D eigenvalue weighted by Crippen LogP contribution is -2.02. The molecule has 0 radical (unpaired) electrons. The normalized spacial score (nSPS) is 10.2. The molecule has 0 aliphatic rings. The van der Waals surface area contributed by atoms with Crippen LogP contribution < -0.4 is 0 Å². The second-order valence-corrected chi connectivity index (χ2v) is 3.06. The number of hydrogen-bond acceptors (Lipinski definition) is 2. The zero-order valence-electron chi connectivity index (χ0n) is 6.44. The van der Waals surface area contributed by atoms with Crippen molar-refractivity contribution < 1.29 is 9.47 Å². The maximum absolute atomic E-state index is 5.15. The van der Waals surface area contributed by atoms with Crippen molar-refractivity contribution in [3.8, 4) is 0 Å². The van der Waals surface area contributed by atoms with Gasteiger partial charge in [0.25, 0.3) is 0 Å². The Bertz CT molecular complexity index is 51.6. The lowest BCUT2D eigenvalue weighted by Gasteiger charge is -2.02. The van der Waals surface area contributed by atoms with E-state index in [0.29, 0.717) is 6.79 Å². The van der Waals surface area contributed by atoms with E-state index in [-0.39, 0.29) is 0 Å². The quantitative estimate of drug-likeness (QED) is 0.301. The van der Waals surface area contributed by atoms with Crippen LogP contribution in [0.15, 0.2) is 0 Å². The third-order valence-corrected chi connectivity index (χ3v) is 1.47. The summed E-state index contributed by atoms with van der Waals surface area (Å²) in [7, 11) is 0. The molecule has 0 fully saturated rings. The zero-order valence-corrected chi connectivity index (χ0v) is 8.59. The van der Waals surface area contributed by atoms with E-state index < -0.39 is 0 Å². The SMILES string of the molecule is CCCCOCOCCI. The van der Waals surface area contributed by atoms with E-state index >= 15 is 0 Å². The minimum absolute atomic E-state index is 0.461. The molecule has 0 rings (SSSR count). The Morgan fingerprint density at radius 1 is 1.20 bits per heavy atom. The van der Waals surface area contributed by atoms with Gasteiger partial charge < -0.3 is 9.47 Å². The topological polar surface area (TPSA) is 18.5 Å². The number of halogens is 1. The van der Waals surface area contributed by atoms with E-state index in [2.05, 4.69) is 29.5 Å². The van der Waals surface area contributed by atoms with Gasteiger partial charge in [-0.1, -0.05) is 35.9 Å². The summed E-state index contributed by atoms with van der Waals surface area (Å²) in [5.74, 6) is 0. The first kappa shape index (κ1) is 10.7. The lowest BCUT2D eigenvalue weighted by molar-refractivity contribution is -0.0484. The molecule has 0 N–H and O–H groups in total. The molecule has 0 aliphatic heterocycles. The minimum atomic E-state index is 0.461. The second-order valence-electron chi connectivity index (χ2n) is 1.98. The highest BCUT2D eigenvalue weighted by Gasteiger charge is 1.85. The fraction of sp³-hybridized carbons (Fsp3) is 1.00. The Balaban J connectivity index is 2.65. The predicted molar refractivity (Wildman–Crippen MR) is 50.6 cm³/mol. The molecule has 0 saturated heterocycles. The van der Waals surface area contributed by atoms with Gasteiger partial charge in [-0.15, -0.1) is 0 Å². The predicted octanol–water partition coefficient (Wildman–Crippen LogP) is 2.21. The van der Waals surface area contributed by atoms with Gasteiger partial charge in [-0.2, -0.15) is 0 Å². The summed E-state index contributed by atoms with van der Waals surface area (Å²) in [5, 5.41) is 0. The Kier molecular flexibility index (Phi) is 10.3. The monoisotopic (exact) mass is 258 g/mol. The summed E-state index contributed by atoms with van der Waals surface area (Å²) >= 11 is 2.28. The molecule has 2 nitrogen and oxygen atoms in total. The number of ether oxygens (including phenoxy) is 2. The van der Waals surface area contributed by atoms with Gasteiger partial charge in [0.15, 0.2) is 0 Å². The number of alkyl halides is 1. The first-order chi connectivity index (χ1) is 4.91. The van der Waals surface area contributed by atoms with Gasteiger partial charge in [-0.3, -0.25) is 0 Å². The van der Waals surface area contributed by atoms with Crippen molar-refractivity contribution in [3.05, 3.63) is 0 Å². The lowest BCUT2D eigenvalue weighted by atomic mass is 10.4. The molecule has 0 amide bonds. The van der Waals surface area contributed by atoms with Gasteiger partial charge in [0.05, 0.1) is 6.61 Å². The molecule has 0 heterocycles. The van der Waals surface area contributed by atoms with Crippen molar-refractivity contribution in [1.82, 2.24) is 0 Å². The first-order valence-electron chi connectivity index (χ1n) is 3.63. The molecule has 0 bridgehead atoms. The molecule has 0 unspecified atom stereocenters. The van der Waals surface area contributed by atoms with Crippen LogP contribution in [0.2, 0.25) is 0 Å². The average molecular weight is 258 g/mol. The van der Waals surface area contributed by atoms with E-state index in [0.717, 1.165) is 24.1 Å². The summed E-state index contributed by atoms with van der Waals surface area (Å²) < 4.78 is 11.3. The average Bonchev–Trinajstić information content (AvgIpc) is 1.97. The van der Waals surface area contributed by atoms with Crippen LogP contribution in [0, 0.1) is 0 Å². The molecular formula is C7H15IO2. The Morgan fingerprint density at radius 3 is 2.50 bits per heavy atom. The zero-order chi connectivity index (χ0) is 7.66. The van der Waals surface area contributed by atoms with Crippen LogP contribution in [0.5, 0.6) is 0 Å². The summed E-state index contributed by atoms with van der Waals surface area (Å²) in [4.78, 5) is 0. The third kappa shape index (κ3) is 8.65. The van der Waals surface area contributed by atoms with Gasteiger partial charge >= 0.3 is 0 Å². The number of rotatable bonds is 7. The Labute approximate surface area is 76.4 Å². The summed E-state index contributed by atoms with van der Waals surface area (Å²) in [6.07, 6.45) is 2.32. The molecule has 3 heteroatoms. The van der Waals surface area contributed by atoms with E-state index in [1.54, 1.807) is 0 Å². The minimum Gasteiger partial charge on any atom is -0.355 e. The molecule has 0 spiro atoms. The van der Waals surface area contributed by atoms with Crippen molar-refractivity contribution in [1.29, 1.82) is 0 Å². The molecule has 10 heavy (non-hydrogen) atoms. The van der Waals surface area contributed by atoms with Gasteiger partial charge in [0, 0.05) is 11.0 Å². The maximum atomic E-state index is 5.15. The van der Waals surface area contributed by atoms with E-state index in [1.807, 2.05) is 0 Å². The van der Waals surface area contributed by atoms with Gasteiger partial charge in [0.1, 0.15) is 6.79 Å². The van der Waals surface area contributed by atoms with Gasteiger partial charge in [-0.05, 0) is 6.42 Å². The summed E-state index contributed by atoms with van der Waals surface area (Å²) in [5.41, 5.74) is 0. The highest BCUT2D eigenvalue weighted by Crippen LogP contribution is 1.88. The molecular weight excluding hydrogens is 243 g/mol. The highest BCUT2D eigenvalue weighted by atomic mass is 127. The molecule has 0 aromatic rings. The standard InChI is InChI=1S/C7H15IO2/c1-2-3-5-9-7-10-6-4-8/h2-7H2,1H3. The number of hydrogen-bond donors (Lipinski definition) is 0.